The molecule has 2 rings (SSSR count). The van der Waals surface area contributed by atoms with Crippen LogP contribution in [-0.4, -0.2) is 12.6 Å². The molecular formula is C14H11NO3. The Morgan fingerprint density at radius 2 is 2.28 bits per heavy atom. The first-order valence-electron chi connectivity index (χ1n) is 5.52. The van der Waals surface area contributed by atoms with E-state index in [2.05, 4.69) is 0 Å². The lowest BCUT2D eigenvalue weighted by Gasteiger charge is -1.97. The SMILES string of the molecule is CCOC(=O)/C(C#N)=C\c1cc2ccccc2o1. The highest BCUT2D eigenvalue weighted by Crippen LogP contribution is 2.20. The normalized spacial score (nSPS) is 11.2. The van der Waals surface area contributed by atoms with Crippen molar-refractivity contribution in [2.75, 3.05) is 6.61 Å². The van der Waals surface area contributed by atoms with Crippen molar-refractivity contribution >= 4 is 23.0 Å². The van der Waals surface area contributed by atoms with Gasteiger partial charge >= 0.3 is 5.97 Å². The van der Waals surface area contributed by atoms with Gasteiger partial charge in [-0.3, -0.25) is 0 Å². The maximum atomic E-state index is 11.4. The lowest BCUT2D eigenvalue weighted by molar-refractivity contribution is -0.137. The fourth-order valence-electron chi connectivity index (χ4n) is 1.56. The van der Waals surface area contributed by atoms with E-state index in [9.17, 15) is 4.79 Å². The van der Waals surface area contributed by atoms with Crippen LogP contribution in [0.25, 0.3) is 17.0 Å². The maximum absolute atomic E-state index is 11.4. The number of ether oxygens (including phenoxy) is 1. The number of hydrogen-bond donors (Lipinski definition) is 0. The molecule has 0 spiro atoms. The molecule has 2 aromatic rings. The molecule has 90 valence electrons. The molecule has 1 aromatic heterocycles. The van der Waals surface area contributed by atoms with Crippen molar-refractivity contribution in [1.29, 1.82) is 5.26 Å². The molecule has 0 bridgehead atoms. The Kier molecular flexibility index (Phi) is 3.44. The quantitative estimate of drug-likeness (QED) is 0.471. The highest BCUT2D eigenvalue weighted by Gasteiger charge is 2.11. The van der Waals surface area contributed by atoms with Crippen LogP contribution in [0.5, 0.6) is 0 Å². The molecule has 0 unspecified atom stereocenters. The first kappa shape index (κ1) is 11.9. The molecular weight excluding hydrogens is 230 g/mol. The summed E-state index contributed by atoms with van der Waals surface area (Å²) in [6.07, 6.45) is 1.39. The summed E-state index contributed by atoms with van der Waals surface area (Å²) in [4.78, 5) is 11.4. The first-order chi connectivity index (χ1) is 8.74. The van der Waals surface area contributed by atoms with Gasteiger partial charge in [0.25, 0.3) is 0 Å². The number of rotatable bonds is 3. The third-order valence-corrected chi connectivity index (χ3v) is 2.35. The van der Waals surface area contributed by atoms with Gasteiger partial charge in [-0.15, -0.1) is 0 Å². The number of carbonyl (C=O) groups excluding carboxylic acids is 1. The van der Waals surface area contributed by atoms with Crippen LogP contribution in [0.4, 0.5) is 0 Å². The Morgan fingerprint density at radius 1 is 1.50 bits per heavy atom. The number of benzene rings is 1. The van der Waals surface area contributed by atoms with Gasteiger partial charge in [-0.2, -0.15) is 5.26 Å². The number of furan rings is 1. The third-order valence-electron chi connectivity index (χ3n) is 2.35. The average Bonchev–Trinajstić information content (AvgIpc) is 2.78. The number of nitriles is 1. The highest BCUT2D eigenvalue weighted by atomic mass is 16.5. The molecule has 1 aromatic carbocycles. The van der Waals surface area contributed by atoms with Gasteiger partial charge in [0.05, 0.1) is 6.61 Å². The minimum atomic E-state index is -0.638. The molecule has 1 heterocycles. The zero-order valence-corrected chi connectivity index (χ0v) is 9.84. The highest BCUT2D eigenvalue weighted by molar-refractivity contribution is 5.98. The predicted molar refractivity (Wildman–Crippen MR) is 66.4 cm³/mol. The molecule has 4 heteroatoms. The zero-order valence-electron chi connectivity index (χ0n) is 9.84. The van der Waals surface area contributed by atoms with Gasteiger partial charge in [0.1, 0.15) is 23.0 Å². The molecule has 0 aliphatic heterocycles. The molecule has 0 radical (unpaired) electrons. The Labute approximate surface area is 104 Å². The summed E-state index contributed by atoms with van der Waals surface area (Å²) in [5.74, 6) is -0.179. The standard InChI is InChI=1S/C14H11NO3/c1-2-17-14(16)11(9-15)8-12-7-10-5-3-4-6-13(10)18-12/h3-8H,2H2,1H3/b11-8-. The van der Waals surface area contributed by atoms with Crippen molar-refractivity contribution in [2.24, 2.45) is 0 Å². The van der Waals surface area contributed by atoms with Gasteiger partial charge in [0, 0.05) is 11.5 Å². The summed E-state index contributed by atoms with van der Waals surface area (Å²) in [7, 11) is 0. The van der Waals surface area contributed by atoms with Gasteiger partial charge in [0.2, 0.25) is 0 Å². The molecule has 0 saturated carbocycles. The summed E-state index contributed by atoms with van der Waals surface area (Å²) in [6.45, 7) is 1.92. The summed E-state index contributed by atoms with van der Waals surface area (Å²) in [6, 6.07) is 11.0. The van der Waals surface area contributed by atoms with E-state index in [4.69, 9.17) is 14.4 Å². The maximum Gasteiger partial charge on any atom is 0.349 e. The average molecular weight is 241 g/mol. The first-order valence-corrected chi connectivity index (χ1v) is 5.52. The fraction of sp³-hybridized carbons (Fsp3) is 0.143. The van der Waals surface area contributed by atoms with Crippen LogP contribution < -0.4 is 0 Å². The van der Waals surface area contributed by atoms with E-state index in [0.717, 1.165) is 5.39 Å². The summed E-state index contributed by atoms with van der Waals surface area (Å²) < 4.78 is 10.3. The minimum Gasteiger partial charge on any atom is -0.462 e. The smallest absolute Gasteiger partial charge is 0.349 e. The summed E-state index contributed by atoms with van der Waals surface area (Å²) >= 11 is 0. The van der Waals surface area contributed by atoms with Crippen molar-refractivity contribution in [3.8, 4) is 6.07 Å². The Bertz CT molecular complexity index is 613. The number of nitrogens with zero attached hydrogens (tertiary/aromatic N) is 1. The molecule has 0 fully saturated rings. The van der Waals surface area contributed by atoms with Gasteiger partial charge in [0.15, 0.2) is 0 Å². The minimum absolute atomic E-state index is 0.0732. The Hall–Kier alpha value is -2.54. The van der Waals surface area contributed by atoms with Crippen molar-refractivity contribution < 1.29 is 13.9 Å². The van der Waals surface area contributed by atoms with Crippen LogP contribution in [0.2, 0.25) is 0 Å². The summed E-state index contributed by atoms with van der Waals surface area (Å²) in [5, 5.41) is 9.82. The lowest BCUT2D eigenvalue weighted by Crippen LogP contribution is -2.05. The molecule has 0 saturated heterocycles. The lowest BCUT2D eigenvalue weighted by atomic mass is 10.2. The molecule has 0 aliphatic rings. The van der Waals surface area contributed by atoms with Gasteiger partial charge in [-0.05, 0) is 19.1 Å². The van der Waals surface area contributed by atoms with E-state index < -0.39 is 5.97 Å². The van der Waals surface area contributed by atoms with Gasteiger partial charge in [-0.25, -0.2) is 4.79 Å². The zero-order chi connectivity index (χ0) is 13.0. The van der Waals surface area contributed by atoms with Crippen molar-refractivity contribution in [1.82, 2.24) is 0 Å². The second-order valence-corrected chi connectivity index (χ2v) is 3.58. The van der Waals surface area contributed by atoms with E-state index in [1.54, 1.807) is 19.1 Å². The Balaban J connectivity index is 2.36. The van der Waals surface area contributed by atoms with E-state index in [0.29, 0.717) is 11.3 Å². The molecule has 0 N–H and O–H groups in total. The molecule has 4 nitrogen and oxygen atoms in total. The van der Waals surface area contributed by atoms with Crippen molar-refractivity contribution in [2.45, 2.75) is 6.92 Å². The fourth-order valence-corrected chi connectivity index (χ4v) is 1.56. The number of hydrogen-bond acceptors (Lipinski definition) is 4. The number of esters is 1. The summed E-state index contributed by atoms with van der Waals surface area (Å²) in [5.41, 5.74) is 0.640. The molecule has 0 amide bonds. The van der Waals surface area contributed by atoms with E-state index in [1.165, 1.54) is 6.08 Å². The van der Waals surface area contributed by atoms with Crippen LogP contribution in [0.3, 0.4) is 0 Å². The van der Waals surface area contributed by atoms with Crippen LogP contribution in [0.15, 0.2) is 40.3 Å². The van der Waals surface area contributed by atoms with Crippen LogP contribution in [-0.2, 0) is 9.53 Å². The van der Waals surface area contributed by atoms with Gasteiger partial charge < -0.3 is 9.15 Å². The van der Waals surface area contributed by atoms with Crippen LogP contribution in [0.1, 0.15) is 12.7 Å². The van der Waals surface area contributed by atoms with Gasteiger partial charge in [-0.1, -0.05) is 18.2 Å². The van der Waals surface area contributed by atoms with Crippen LogP contribution in [0, 0.1) is 11.3 Å². The number of para-hydroxylation sites is 1. The topological polar surface area (TPSA) is 63.2 Å². The third kappa shape index (κ3) is 2.41. The second kappa shape index (κ2) is 5.19. The second-order valence-electron chi connectivity index (χ2n) is 3.58. The molecule has 0 aliphatic carbocycles. The van der Waals surface area contributed by atoms with E-state index in [-0.39, 0.29) is 12.2 Å². The molecule has 18 heavy (non-hydrogen) atoms. The molecule has 0 atom stereocenters. The van der Waals surface area contributed by atoms with E-state index in [1.807, 2.05) is 24.3 Å². The number of fused-ring (bicyclic) bond motifs is 1. The largest absolute Gasteiger partial charge is 0.462 e. The monoisotopic (exact) mass is 241 g/mol. The Morgan fingerprint density at radius 3 is 2.94 bits per heavy atom. The van der Waals surface area contributed by atoms with E-state index >= 15 is 0 Å². The van der Waals surface area contributed by atoms with Crippen molar-refractivity contribution in [3.05, 3.63) is 41.7 Å². The van der Waals surface area contributed by atoms with Crippen LogP contribution >= 0.6 is 0 Å². The number of carbonyl (C=O) groups is 1. The van der Waals surface area contributed by atoms with Crippen molar-refractivity contribution in [3.63, 3.8) is 0 Å². The predicted octanol–water partition coefficient (Wildman–Crippen LogP) is 2.90.